The van der Waals surface area contributed by atoms with Crippen LogP contribution in [0.3, 0.4) is 0 Å². The molecule has 0 aliphatic rings. The lowest BCUT2D eigenvalue weighted by atomic mass is 10.1. The van der Waals surface area contributed by atoms with Crippen LogP contribution in [0, 0.1) is 0 Å². The SMILES string of the molecule is CCCCC(C)NC(=O)Nc1ccc(C(=O)O)c(Cl)c1. The van der Waals surface area contributed by atoms with Crippen molar-refractivity contribution in [3.05, 3.63) is 28.8 Å². The molecule has 0 aliphatic heterocycles. The number of nitrogens with one attached hydrogen (secondary N) is 2. The quantitative estimate of drug-likeness (QED) is 0.748. The lowest BCUT2D eigenvalue weighted by Gasteiger charge is -2.14. The zero-order chi connectivity index (χ0) is 15.1. The molecule has 110 valence electrons. The predicted octanol–water partition coefficient (Wildman–Crippen LogP) is 3.74. The van der Waals surface area contributed by atoms with Gasteiger partial charge in [-0.15, -0.1) is 0 Å². The lowest BCUT2D eigenvalue weighted by molar-refractivity contribution is 0.0697. The van der Waals surface area contributed by atoms with E-state index in [0.29, 0.717) is 5.69 Å². The van der Waals surface area contributed by atoms with Gasteiger partial charge in [0.2, 0.25) is 0 Å². The van der Waals surface area contributed by atoms with Gasteiger partial charge in [0.15, 0.2) is 0 Å². The average molecular weight is 299 g/mol. The number of carbonyl (C=O) groups is 2. The van der Waals surface area contributed by atoms with Crippen LogP contribution in [-0.4, -0.2) is 23.1 Å². The van der Waals surface area contributed by atoms with Crippen LogP contribution in [0.25, 0.3) is 0 Å². The molecule has 1 aromatic rings. The number of urea groups is 1. The van der Waals surface area contributed by atoms with E-state index >= 15 is 0 Å². The third-order valence-electron chi connectivity index (χ3n) is 2.83. The molecule has 6 heteroatoms. The highest BCUT2D eigenvalue weighted by atomic mass is 35.5. The molecular formula is C14H19ClN2O3. The minimum Gasteiger partial charge on any atom is -0.478 e. The highest BCUT2D eigenvalue weighted by Gasteiger charge is 2.11. The summed E-state index contributed by atoms with van der Waals surface area (Å²) in [4.78, 5) is 22.6. The number of benzene rings is 1. The van der Waals surface area contributed by atoms with Crippen LogP contribution >= 0.6 is 11.6 Å². The Kier molecular flexibility index (Phi) is 6.31. The summed E-state index contributed by atoms with van der Waals surface area (Å²) in [5.41, 5.74) is 0.467. The highest BCUT2D eigenvalue weighted by Crippen LogP contribution is 2.20. The molecule has 1 atom stereocenters. The van der Waals surface area contributed by atoms with Gasteiger partial charge in [-0.05, 0) is 31.5 Å². The first kappa shape index (κ1) is 16.3. The van der Waals surface area contributed by atoms with Crippen molar-refractivity contribution >= 4 is 29.3 Å². The molecular weight excluding hydrogens is 280 g/mol. The van der Waals surface area contributed by atoms with Crippen LogP contribution < -0.4 is 10.6 Å². The van der Waals surface area contributed by atoms with E-state index in [4.69, 9.17) is 16.7 Å². The van der Waals surface area contributed by atoms with Crippen LogP contribution in [0.2, 0.25) is 5.02 Å². The molecule has 0 aromatic heterocycles. The van der Waals surface area contributed by atoms with Crippen LogP contribution in [0.4, 0.5) is 10.5 Å². The minimum absolute atomic E-state index is 0.00828. The predicted molar refractivity (Wildman–Crippen MR) is 79.6 cm³/mol. The second-order valence-corrected chi connectivity index (χ2v) is 5.05. The fraction of sp³-hybridized carbons (Fsp3) is 0.429. The van der Waals surface area contributed by atoms with Crippen LogP contribution in [0.15, 0.2) is 18.2 Å². The molecule has 1 aromatic carbocycles. The second-order valence-electron chi connectivity index (χ2n) is 4.64. The number of rotatable bonds is 6. The number of carbonyl (C=O) groups excluding carboxylic acids is 1. The first-order valence-electron chi connectivity index (χ1n) is 6.54. The monoisotopic (exact) mass is 298 g/mol. The molecule has 1 unspecified atom stereocenters. The number of carboxylic acids is 1. The Morgan fingerprint density at radius 1 is 1.40 bits per heavy atom. The maximum Gasteiger partial charge on any atom is 0.337 e. The zero-order valence-corrected chi connectivity index (χ0v) is 12.3. The van der Waals surface area contributed by atoms with Crippen molar-refractivity contribution < 1.29 is 14.7 Å². The maximum atomic E-state index is 11.7. The topological polar surface area (TPSA) is 78.4 Å². The van der Waals surface area contributed by atoms with Crippen molar-refractivity contribution in [3.8, 4) is 0 Å². The third kappa shape index (κ3) is 5.09. The summed E-state index contributed by atoms with van der Waals surface area (Å²) in [7, 11) is 0. The van der Waals surface area contributed by atoms with E-state index < -0.39 is 5.97 Å². The number of halogens is 1. The Bertz CT molecular complexity index is 491. The molecule has 5 nitrogen and oxygen atoms in total. The Labute approximate surface area is 123 Å². The summed E-state index contributed by atoms with van der Waals surface area (Å²) in [6.07, 6.45) is 3.06. The molecule has 0 bridgehead atoms. The van der Waals surface area contributed by atoms with Crippen LogP contribution in [-0.2, 0) is 0 Å². The van der Waals surface area contributed by atoms with E-state index in [1.807, 2.05) is 6.92 Å². The lowest BCUT2D eigenvalue weighted by Crippen LogP contribution is -2.36. The Morgan fingerprint density at radius 3 is 2.65 bits per heavy atom. The number of hydrogen-bond donors (Lipinski definition) is 3. The van der Waals surface area contributed by atoms with Crippen molar-refractivity contribution in [2.45, 2.75) is 39.2 Å². The normalized spacial score (nSPS) is 11.8. The van der Waals surface area contributed by atoms with E-state index in [1.165, 1.54) is 18.2 Å². The summed E-state index contributed by atoms with van der Waals surface area (Å²) >= 11 is 5.83. The van der Waals surface area contributed by atoms with Crippen LogP contribution in [0.5, 0.6) is 0 Å². The molecule has 3 N–H and O–H groups in total. The van der Waals surface area contributed by atoms with Crippen molar-refractivity contribution in [1.29, 1.82) is 0 Å². The van der Waals surface area contributed by atoms with E-state index in [0.717, 1.165) is 19.3 Å². The van der Waals surface area contributed by atoms with Gasteiger partial charge in [0, 0.05) is 11.7 Å². The number of carboxylic acid groups (broad SMARTS) is 1. The van der Waals surface area contributed by atoms with Crippen molar-refractivity contribution in [2.24, 2.45) is 0 Å². The van der Waals surface area contributed by atoms with Crippen LogP contribution in [0.1, 0.15) is 43.5 Å². The van der Waals surface area contributed by atoms with Gasteiger partial charge in [-0.3, -0.25) is 0 Å². The molecule has 0 heterocycles. The molecule has 0 aliphatic carbocycles. The Hall–Kier alpha value is -1.75. The largest absolute Gasteiger partial charge is 0.478 e. The number of hydrogen-bond acceptors (Lipinski definition) is 2. The van der Waals surface area contributed by atoms with Crippen molar-refractivity contribution in [1.82, 2.24) is 5.32 Å². The summed E-state index contributed by atoms with van der Waals surface area (Å²) < 4.78 is 0. The number of aromatic carboxylic acids is 1. The third-order valence-corrected chi connectivity index (χ3v) is 3.14. The van der Waals surface area contributed by atoms with E-state index in [9.17, 15) is 9.59 Å². The van der Waals surface area contributed by atoms with Gasteiger partial charge in [-0.2, -0.15) is 0 Å². The van der Waals surface area contributed by atoms with Crippen molar-refractivity contribution in [3.63, 3.8) is 0 Å². The first-order chi connectivity index (χ1) is 9.43. The molecule has 0 saturated heterocycles. The molecule has 20 heavy (non-hydrogen) atoms. The van der Waals surface area contributed by atoms with Gasteiger partial charge in [0.05, 0.1) is 10.6 Å². The number of unbranched alkanes of at least 4 members (excludes halogenated alkanes) is 1. The van der Waals surface area contributed by atoms with Gasteiger partial charge in [0.25, 0.3) is 0 Å². The molecule has 0 saturated carbocycles. The molecule has 0 spiro atoms. The molecule has 0 fully saturated rings. The van der Waals surface area contributed by atoms with E-state index in [-0.39, 0.29) is 22.7 Å². The standard InChI is InChI=1S/C14H19ClN2O3/c1-3-4-5-9(2)16-14(20)17-10-6-7-11(13(18)19)12(15)8-10/h6-9H,3-5H2,1-2H3,(H,18,19)(H2,16,17,20). The summed E-state index contributed by atoms with van der Waals surface area (Å²) in [5.74, 6) is -1.10. The Balaban J connectivity index is 2.58. The van der Waals surface area contributed by atoms with Gasteiger partial charge < -0.3 is 15.7 Å². The van der Waals surface area contributed by atoms with Gasteiger partial charge >= 0.3 is 12.0 Å². The summed E-state index contributed by atoms with van der Waals surface area (Å²) in [5, 5.41) is 14.4. The fourth-order valence-corrected chi connectivity index (χ4v) is 2.00. The van der Waals surface area contributed by atoms with Gasteiger partial charge in [-0.25, -0.2) is 9.59 Å². The fourth-order valence-electron chi connectivity index (χ4n) is 1.74. The highest BCUT2D eigenvalue weighted by molar-refractivity contribution is 6.33. The van der Waals surface area contributed by atoms with Gasteiger partial charge in [0.1, 0.15) is 0 Å². The molecule has 0 radical (unpaired) electrons. The van der Waals surface area contributed by atoms with Crippen molar-refractivity contribution in [2.75, 3.05) is 5.32 Å². The summed E-state index contributed by atoms with van der Waals surface area (Å²) in [6, 6.07) is 4.05. The smallest absolute Gasteiger partial charge is 0.337 e. The average Bonchev–Trinajstić information content (AvgIpc) is 2.35. The minimum atomic E-state index is -1.10. The summed E-state index contributed by atoms with van der Waals surface area (Å²) in [6.45, 7) is 4.04. The Morgan fingerprint density at radius 2 is 2.10 bits per heavy atom. The second kappa shape index (κ2) is 7.75. The number of anilines is 1. The van der Waals surface area contributed by atoms with E-state index in [1.54, 1.807) is 0 Å². The van der Waals surface area contributed by atoms with Gasteiger partial charge in [-0.1, -0.05) is 31.4 Å². The first-order valence-corrected chi connectivity index (χ1v) is 6.92. The maximum absolute atomic E-state index is 11.7. The molecule has 1 rings (SSSR count). The zero-order valence-electron chi connectivity index (χ0n) is 11.6. The number of amides is 2. The van der Waals surface area contributed by atoms with E-state index in [2.05, 4.69) is 17.6 Å². The molecule has 2 amide bonds.